The molecule has 0 atom stereocenters. The standard InChI is InChI=1S/C20H23FN6O3S2/c1-26(2)32(29,30)13-8-9-17-16(12-13)22-18(27(17)3)10-11-19(28)24-25-20(31)23-15-7-5-4-6-14(15)21/h4-9,12H,10-11H2,1-3H3,(H,24,28)(H2,23,25,31). The Kier molecular flexibility index (Phi) is 7.06. The first-order valence-electron chi connectivity index (χ1n) is 9.58. The SMILES string of the molecule is CN(C)S(=O)(=O)c1ccc2c(c1)nc(CCC(=O)NNC(=S)Nc1ccccc1F)n2C. The number of hydrogen-bond donors (Lipinski definition) is 3. The van der Waals surface area contributed by atoms with Gasteiger partial charge in [0.15, 0.2) is 5.11 Å². The maximum absolute atomic E-state index is 13.6. The number of carbonyl (C=O) groups is 1. The van der Waals surface area contributed by atoms with Gasteiger partial charge in [0.2, 0.25) is 15.9 Å². The Hall–Kier alpha value is -3.09. The van der Waals surface area contributed by atoms with Crippen molar-refractivity contribution in [1.29, 1.82) is 0 Å². The Labute approximate surface area is 190 Å². The predicted molar refractivity (Wildman–Crippen MR) is 124 cm³/mol. The van der Waals surface area contributed by atoms with Crippen molar-refractivity contribution in [2.75, 3.05) is 19.4 Å². The number of hydrogen-bond acceptors (Lipinski definition) is 5. The first-order chi connectivity index (χ1) is 15.1. The topological polar surface area (TPSA) is 108 Å². The summed E-state index contributed by atoms with van der Waals surface area (Å²) < 4.78 is 41.3. The molecule has 1 amide bonds. The number of benzene rings is 2. The monoisotopic (exact) mass is 478 g/mol. The predicted octanol–water partition coefficient (Wildman–Crippen LogP) is 1.91. The number of imidazole rings is 1. The summed E-state index contributed by atoms with van der Waals surface area (Å²) in [6.45, 7) is 0. The van der Waals surface area contributed by atoms with Gasteiger partial charge in [-0.25, -0.2) is 22.1 Å². The summed E-state index contributed by atoms with van der Waals surface area (Å²) in [7, 11) is 1.16. The Morgan fingerprint density at radius 2 is 1.91 bits per heavy atom. The molecule has 2 aromatic carbocycles. The maximum Gasteiger partial charge on any atom is 0.242 e. The zero-order valence-electron chi connectivity index (χ0n) is 17.7. The van der Waals surface area contributed by atoms with Crippen molar-refractivity contribution >= 4 is 50.0 Å². The van der Waals surface area contributed by atoms with E-state index in [9.17, 15) is 17.6 Å². The molecule has 12 heteroatoms. The molecule has 0 unspecified atom stereocenters. The molecule has 0 spiro atoms. The summed E-state index contributed by atoms with van der Waals surface area (Å²) in [5, 5.41) is 2.70. The lowest BCUT2D eigenvalue weighted by molar-refractivity contribution is -0.121. The number of para-hydroxylation sites is 1. The fourth-order valence-electron chi connectivity index (χ4n) is 2.95. The van der Waals surface area contributed by atoms with E-state index in [4.69, 9.17) is 12.2 Å². The molecule has 0 radical (unpaired) electrons. The van der Waals surface area contributed by atoms with Crippen LogP contribution in [0.25, 0.3) is 11.0 Å². The number of nitrogens with zero attached hydrogens (tertiary/aromatic N) is 3. The van der Waals surface area contributed by atoms with Crippen LogP contribution in [0.2, 0.25) is 0 Å². The lowest BCUT2D eigenvalue weighted by atomic mass is 10.3. The molecule has 0 bridgehead atoms. The minimum Gasteiger partial charge on any atom is -0.331 e. The Morgan fingerprint density at radius 3 is 2.59 bits per heavy atom. The van der Waals surface area contributed by atoms with Gasteiger partial charge in [0.05, 0.1) is 21.6 Å². The molecule has 0 aliphatic heterocycles. The van der Waals surface area contributed by atoms with Crippen LogP contribution in [0.5, 0.6) is 0 Å². The second-order valence-electron chi connectivity index (χ2n) is 7.13. The summed E-state index contributed by atoms with van der Waals surface area (Å²) in [4.78, 5) is 16.8. The van der Waals surface area contributed by atoms with E-state index in [0.717, 1.165) is 9.82 Å². The van der Waals surface area contributed by atoms with E-state index in [-0.39, 0.29) is 28.0 Å². The molecule has 1 aromatic heterocycles. The first-order valence-corrected chi connectivity index (χ1v) is 11.4. The van der Waals surface area contributed by atoms with Crippen molar-refractivity contribution in [3.63, 3.8) is 0 Å². The van der Waals surface area contributed by atoms with Gasteiger partial charge in [-0.05, 0) is 42.5 Å². The zero-order chi connectivity index (χ0) is 23.5. The quantitative estimate of drug-likeness (QED) is 0.367. The Balaban J connectivity index is 1.59. The van der Waals surface area contributed by atoms with Crippen LogP contribution in [0.1, 0.15) is 12.2 Å². The fraction of sp³-hybridized carbons (Fsp3) is 0.250. The van der Waals surface area contributed by atoms with Crippen LogP contribution in [0.3, 0.4) is 0 Å². The molecule has 32 heavy (non-hydrogen) atoms. The smallest absolute Gasteiger partial charge is 0.242 e. The number of halogens is 1. The van der Waals surface area contributed by atoms with Crippen LogP contribution < -0.4 is 16.2 Å². The molecule has 9 nitrogen and oxygen atoms in total. The average Bonchev–Trinajstić information content (AvgIpc) is 3.07. The van der Waals surface area contributed by atoms with Gasteiger partial charge < -0.3 is 9.88 Å². The van der Waals surface area contributed by atoms with Crippen molar-refractivity contribution in [1.82, 2.24) is 24.7 Å². The summed E-state index contributed by atoms with van der Waals surface area (Å²) in [6.07, 6.45) is 0.428. The van der Waals surface area contributed by atoms with Crippen LogP contribution >= 0.6 is 12.2 Å². The van der Waals surface area contributed by atoms with Gasteiger partial charge in [0, 0.05) is 34.0 Å². The molecular formula is C20H23FN6O3S2. The number of carbonyl (C=O) groups excluding carboxylic acids is 1. The van der Waals surface area contributed by atoms with E-state index in [0.29, 0.717) is 17.8 Å². The number of aromatic nitrogens is 2. The number of rotatable bonds is 6. The summed E-state index contributed by atoms with van der Waals surface area (Å²) in [5.74, 6) is -0.182. The minimum absolute atomic E-state index is 0.0424. The second kappa shape index (κ2) is 9.59. The van der Waals surface area contributed by atoms with E-state index < -0.39 is 15.8 Å². The minimum atomic E-state index is -3.57. The van der Waals surface area contributed by atoms with E-state index >= 15 is 0 Å². The molecule has 3 aromatic rings. The third kappa shape index (κ3) is 5.21. The summed E-state index contributed by atoms with van der Waals surface area (Å²) in [6, 6.07) is 10.8. The Morgan fingerprint density at radius 1 is 1.19 bits per heavy atom. The number of amides is 1. The highest BCUT2D eigenvalue weighted by molar-refractivity contribution is 7.89. The molecule has 170 valence electrons. The third-order valence-corrected chi connectivity index (χ3v) is 6.75. The molecule has 1 heterocycles. The molecule has 0 saturated carbocycles. The zero-order valence-corrected chi connectivity index (χ0v) is 19.3. The van der Waals surface area contributed by atoms with Crippen LogP contribution in [-0.4, -0.2) is 47.4 Å². The van der Waals surface area contributed by atoms with E-state index in [1.165, 1.54) is 38.4 Å². The van der Waals surface area contributed by atoms with Gasteiger partial charge in [-0.1, -0.05) is 12.1 Å². The summed E-state index contributed by atoms with van der Waals surface area (Å²) >= 11 is 5.04. The van der Waals surface area contributed by atoms with Gasteiger partial charge in [-0.2, -0.15) is 0 Å². The van der Waals surface area contributed by atoms with Crippen LogP contribution in [0.4, 0.5) is 10.1 Å². The highest BCUT2D eigenvalue weighted by Crippen LogP contribution is 2.21. The third-order valence-electron chi connectivity index (χ3n) is 4.74. The van der Waals surface area contributed by atoms with E-state index in [2.05, 4.69) is 21.2 Å². The first kappa shape index (κ1) is 23.6. The highest BCUT2D eigenvalue weighted by atomic mass is 32.2. The highest BCUT2D eigenvalue weighted by Gasteiger charge is 2.19. The van der Waals surface area contributed by atoms with Crippen molar-refractivity contribution in [2.45, 2.75) is 17.7 Å². The Bertz CT molecular complexity index is 1270. The van der Waals surface area contributed by atoms with Gasteiger partial charge >= 0.3 is 0 Å². The van der Waals surface area contributed by atoms with Gasteiger partial charge in [-0.3, -0.25) is 15.6 Å². The molecule has 0 aliphatic carbocycles. The van der Waals surface area contributed by atoms with Gasteiger partial charge in [0.1, 0.15) is 11.6 Å². The van der Waals surface area contributed by atoms with Gasteiger partial charge in [-0.15, -0.1) is 0 Å². The number of thiocarbonyl (C=S) groups is 1. The van der Waals surface area contributed by atoms with Crippen molar-refractivity contribution in [2.24, 2.45) is 7.05 Å². The number of aryl methyl sites for hydroxylation is 2. The maximum atomic E-state index is 13.6. The molecule has 0 aliphatic rings. The second-order valence-corrected chi connectivity index (χ2v) is 9.69. The average molecular weight is 479 g/mol. The van der Waals surface area contributed by atoms with Crippen molar-refractivity contribution in [3.8, 4) is 0 Å². The lowest BCUT2D eigenvalue weighted by Crippen LogP contribution is -2.44. The van der Waals surface area contributed by atoms with Crippen molar-refractivity contribution < 1.29 is 17.6 Å². The van der Waals surface area contributed by atoms with Crippen molar-refractivity contribution in [3.05, 3.63) is 54.1 Å². The van der Waals surface area contributed by atoms with Gasteiger partial charge in [0.25, 0.3) is 0 Å². The largest absolute Gasteiger partial charge is 0.331 e. The van der Waals surface area contributed by atoms with Crippen LogP contribution in [0, 0.1) is 5.82 Å². The number of fused-ring (bicyclic) bond motifs is 1. The molecule has 0 saturated heterocycles. The lowest BCUT2D eigenvalue weighted by Gasteiger charge is -2.12. The number of hydrazine groups is 1. The molecule has 0 fully saturated rings. The van der Waals surface area contributed by atoms with E-state index in [1.54, 1.807) is 25.2 Å². The molecule has 3 N–H and O–H groups in total. The fourth-order valence-corrected chi connectivity index (χ4v) is 4.04. The molecular weight excluding hydrogens is 455 g/mol. The number of sulfonamides is 1. The normalized spacial score (nSPS) is 11.5. The van der Waals surface area contributed by atoms with Crippen LogP contribution in [-0.2, 0) is 28.3 Å². The molecule has 3 rings (SSSR count). The number of anilines is 1. The van der Waals surface area contributed by atoms with Crippen LogP contribution in [0.15, 0.2) is 47.4 Å². The number of nitrogens with one attached hydrogen (secondary N) is 3. The van der Waals surface area contributed by atoms with E-state index in [1.807, 2.05) is 4.57 Å². The summed E-state index contributed by atoms with van der Waals surface area (Å²) in [5.41, 5.74) is 6.45.